The van der Waals surface area contributed by atoms with Gasteiger partial charge in [-0.1, -0.05) is 53.8 Å². The highest BCUT2D eigenvalue weighted by atomic mass is 32.2. The van der Waals surface area contributed by atoms with Crippen LogP contribution in [0.2, 0.25) is 0 Å². The van der Waals surface area contributed by atoms with E-state index in [0.717, 1.165) is 11.1 Å². The topological polar surface area (TPSA) is 91.3 Å². The number of carbonyl (C=O) groups is 1. The van der Waals surface area contributed by atoms with Gasteiger partial charge in [-0.2, -0.15) is 5.26 Å². The second-order valence-corrected chi connectivity index (χ2v) is 9.60. The number of nitrogens with one attached hydrogen (secondary N) is 1. The lowest BCUT2D eigenvalue weighted by Crippen LogP contribution is -2.27. The summed E-state index contributed by atoms with van der Waals surface area (Å²) in [6.45, 7) is 4.42. The molecule has 1 aromatic carbocycles. The standard InChI is InChI=1S/C25H22N4O3S2/c1-15-6-8-17(9-7-15)14-29-24(31)21(34-25(29)33)11-19-16(2)20(12-26)23(30)28(3)22(19)27-13-18-5-4-10-32-18/h4-11,27H,13-14H2,1-3H3/b21-11-. The van der Waals surface area contributed by atoms with Crippen LogP contribution >= 0.6 is 24.0 Å². The maximum absolute atomic E-state index is 13.2. The number of carbonyl (C=O) groups excluding carboxylic acids is 1. The quantitative estimate of drug-likeness (QED) is 0.402. The number of aromatic nitrogens is 1. The van der Waals surface area contributed by atoms with E-state index in [9.17, 15) is 14.9 Å². The Labute approximate surface area is 206 Å². The molecule has 0 saturated carbocycles. The normalized spacial score (nSPS) is 14.6. The number of aryl methyl sites for hydroxylation is 1. The van der Waals surface area contributed by atoms with E-state index in [-0.39, 0.29) is 11.5 Å². The van der Waals surface area contributed by atoms with E-state index in [1.807, 2.05) is 43.3 Å². The summed E-state index contributed by atoms with van der Waals surface area (Å²) in [5, 5.41) is 12.8. The second kappa shape index (κ2) is 9.71. The second-order valence-electron chi connectivity index (χ2n) is 7.92. The van der Waals surface area contributed by atoms with Gasteiger partial charge in [0.15, 0.2) is 0 Å². The van der Waals surface area contributed by atoms with Crippen LogP contribution in [0.25, 0.3) is 6.08 Å². The van der Waals surface area contributed by atoms with E-state index in [2.05, 4.69) is 5.32 Å². The smallest absolute Gasteiger partial charge is 0.270 e. The van der Waals surface area contributed by atoms with Gasteiger partial charge in [-0.3, -0.25) is 19.1 Å². The van der Waals surface area contributed by atoms with Crippen LogP contribution in [-0.4, -0.2) is 19.7 Å². The maximum atomic E-state index is 13.2. The third-order valence-electron chi connectivity index (χ3n) is 5.62. The SMILES string of the molecule is Cc1ccc(CN2C(=O)/C(=C/c3c(C)c(C#N)c(=O)n(C)c3NCc3ccco3)SC2=S)cc1. The van der Waals surface area contributed by atoms with Crippen LogP contribution in [0, 0.1) is 25.2 Å². The van der Waals surface area contributed by atoms with Crippen molar-refractivity contribution in [2.24, 2.45) is 7.05 Å². The molecule has 172 valence electrons. The molecule has 3 aromatic rings. The lowest BCUT2D eigenvalue weighted by atomic mass is 10.0. The molecule has 0 spiro atoms. The third-order valence-corrected chi connectivity index (χ3v) is 7.00. The van der Waals surface area contributed by atoms with Crippen molar-refractivity contribution >= 4 is 46.1 Å². The van der Waals surface area contributed by atoms with Crippen LogP contribution in [-0.2, 0) is 24.9 Å². The van der Waals surface area contributed by atoms with E-state index >= 15 is 0 Å². The monoisotopic (exact) mass is 490 g/mol. The number of thioether (sulfide) groups is 1. The van der Waals surface area contributed by atoms with Crippen molar-refractivity contribution in [3.05, 3.63) is 91.5 Å². The van der Waals surface area contributed by atoms with E-state index in [4.69, 9.17) is 16.6 Å². The van der Waals surface area contributed by atoms with Gasteiger partial charge in [0.1, 0.15) is 27.5 Å². The number of pyridine rings is 1. The van der Waals surface area contributed by atoms with Gasteiger partial charge >= 0.3 is 0 Å². The first kappa shape index (κ1) is 23.5. The van der Waals surface area contributed by atoms with Crippen LogP contribution in [0.1, 0.15) is 33.6 Å². The number of nitrogens with zero attached hydrogens (tertiary/aromatic N) is 3. The summed E-state index contributed by atoms with van der Waals surface area (Å²) in [4.78, 5) is 28.0. The average molecular weight is 491 g/mol. The lowest BCUT2D eigenvalue weighted by Gasteiger charge is -2.17. The molecule has 1 N–H and O–H groups in total. The zero-order chi connectivity index (χ0) is 24.4. The van der Waals surface area contributed by atoms with E-state index < -0.39 is 5.56 Å². The summed E-state index contributed by atoms with van der Waals surface area (Å²) in [6, 6.07) is 13.5. The number of hydrogen-bond donors (Lipinski definition) is 1. The average Bonchev–Trinajstić information content (AvgIpc) is 3.43. The fraction of sp³-hybridized carbons (Fsp3) is 0.200. The van der Waals surface area contributed by atoms with Crippen molar-refractivity contribution in [3.63, 3.8) is 0 Å². The highest BCUT2D eigenvalue weighted by Gasteiger charge is 2.32. The molecule has 3 heterocycles. The lowest BCUT2D eigenvalue weighted by molar-refractivity contribution is -0.122. The van der Waals surface area contributed by atoms with Crippen molar-refractivity contribution in [1.29, 1.82) is 5.26 Å². The minimum atomic E-state index is -0.411. The summed E-state index contributed by atoms with van der Waals surface area (Å²) in [6.07, 6.45) is 3.27. The van der Waals surface area contributed by atoms with Crippen molar-refractivity contribution in [1.82, 2.24) is 9.47 Å². The Hall–Kier alpha value is -3.61. The highest BCUT2D eigenvalue weighted by Crippen LogP contribution is 2.35. The van der Waals surface area contributed by atoms with Gasteiger partial charge in [0.25, 0.3) is 11.5 Å². The fourth-order valence-electron chi connectivity index (χ4n) is 3.67. The molecule has 1 aliphatic rings. The predicted octanol–water partition coefficient (Wildman–Crippen LogP) is 4.48. The van der Waals surface area contributed by atoms with Crippen LogP contribution in [0.15, 0.2) is 56.8 Å². The summed E-state index contributed by atoms with van der Waals surface area (Å²) in [5.41, 5.74) is 2.83. The number of amides is 1. The number of anilines is 1. The molecule has 0 unspecified atom stereocenters. The summed E-state index contributed by atoms with van der Waals surface area (Å²) in [7, 11) is 1.59. The number of furan rings is 1. The van der Waals surface area contributed by atoms with Gasteiger partial charge in [-0.25, -0.2) is 0 Å². The minimum Gasteiger partial charge on any atom is -0.467 e. The minimum absolute atomic E-state index is 0.0347. The Bertz CT molecular complexity index is 1400. The Kier molecular flexibility index (Phi) is 6.72. The first-order valence-electron chi connectivity index (χ1n) is 10.5. The molecule has 4 rings (SSSR count). The Morgan fingerprint density at radius 1 is 1.21 bits per heavy atom. The van der Waals surface area contributed by atoms with Crippen molar-refractivity contribution in [3.8, 4) is 6.07 Å². The van der Waals surface area contributed by atoms with Gasteiger partial charge in [-0.05, 0) is 43.2 Å². The molecular formula is C25H22N4O3S2. The number of thiocarbonyl (C=S) groups is 1. The van der Waals surface area contributed by atoms with Gasteiger partial charge in [-0.15, -0.1) is 0 Å². The number of hydrogen-bond acceptors (Lipinski definition) is 7. The van der Waals surface area contributed by atoms with E-state index in [0.29, 0.717) is 45.0 Å². The number of benzene rings is 1. The molecule has 9 heteroatoms. The largest absolute Gasteiger partial charge is 0.467 e. The zero-order valence-electron chi connectivity index (χ0n) is 18.9. The van der Waals surface area contributed by atoms with Gasteiger partial charge in [0.05, 0.1) is 24.3 Å². The molecule has 7 nitrogen and oxygen atoms in total. The van der Waals surface area contributed by atoms with E-state index in [1.54, 1.807) is 37.3 Å². The molecular weight excluding hydrogens is 468 g/mol. The molecule has 0 aliphatic carbocycles. The summed E-state index contributed by atoms with van der Waals surface area (Å²) >= 11 is 6.70. The molecule has 34 heavy (non-hydrogen) atoms. The van der Waals surface area contributed by atoms with Crippen molar-refractivity contribution in [2.75, 3.05) is 5.32 Å². The van der Waals surface area contributed by atoms with Gasteiger partial charge in [0.2, 0.25) is 0 Å². The molecule has 0 atom stereocenters. The van der Waals surface area contributed by atoms with Crippen LogP contribution < -0.4 is 10.9 Å². The molecule has 0 radical (unpaired) electrons. The Morgan fingerprint density at radius 2 is 1.94 bits per heavy atom. The Morgan fingerprint density at radius 3 is 2.59 bits per heavy atom. The summed E-state index contributed by atoms with van der Waals surface area (Å²) < 4.78 is 7.23. The van der Waals surface area contributed by atoms with Crippen molar-refractivity contribution in [2.45, 2.75) is 26.9 Å². The number of rotatable bonds is 6. The van der Waals surface area contributed by atoms with Crippen LogP contribution in [0.5, 0.6) is 0 Å². The molecule has 1 saturated heterocycles. The van der Waals surface area contributed by atoms with Gasteiger partial charge < -0.3 is 9.73 Å². The molecule has 1 amide bonds. The Balaban J connectivity index is 1.72. The molecule has 1 aliphatic heterocycles. The molecule has 2 aromatic heterocycles. The molecule has 0 bridgehead atoms. The maximum Gasteiger partial charge on any atom is 0.270 e. The third kappa shape index (κ3) is 4.55. The van der Waals surface area contributed by atoms with Gasteiger partial charge in [0, 0.05) is 12.6 Å². The van der Waals surface area contributed by atoms with Crippen molar-refractivity contribution < 1.29 is 9.21 Å². The zero-order valence-corrected chi connectivity index (χ0v) is 20.5. The predicted molar refractivity (Wildman–Crippen MR) is 137 cm³/mol. The highest BCUT2D eigenvalue weighted by molar-refractivity contribution is 8.26. The van der Waals surface area contributed by atoms with Crippen LogP contribution in [0.3, 0.4) is 0 Å². The molecule has 1 fully saturated rings. The van der Waals surface area contributed by atoms with Crippen LogP contribution in [0.4, 0.5) is 5.82 Å². The first-order chi connectivity index (χ1) is 16.3. The fourth-order valence-corrected chi connectivity index (χ4v) is 4.91. The summed E-state index contributed by atoms with van der Waals surface area (Å²) in [5.74, 6) is 0.964. The van der Waals surface area contributed by atoms with E-state index in [1.165, 1.54) is 16.3 Å². The number of nitriles is 1. The first-order valence-corrected chi connectivity index (χ1v) is 11.7.